The van der Waals surface area contributed by atoms with E-state index in [1.165, 1.54) is 18.1 Å². The predicted molar refractivity (Wildman–Crippen MR) is 80.9 cm³/mol. The third kappa shape index (κ3) is 2.52. The van der Waals surface area contributed by atoms with Crippen molar-refractivity contribution in [1.82, 2.24) is 19.7 Å². The Morgan fingerprint density at radius 2 is 2.09 bits per heavy atom. The van der Waals surface area contributed by atoms with Gasteiger partial charge in [0, 0.05) is 24.9 Å². The first kappa shape index (κ1) is 13.8. The molecule has 0 aliphatic carbocycles. The molecule has 0 radical (unpaired) electrons. The van der Waals surface area contributed by atoms with E-state index in [0.29, 0.717) is 11.9 Å². The highest BCUT2D eigenvalue weighted by Gasteiger charge is 2.27. The van der Waals surface area contributed by atoms with Crippen LogP contribution < -0.4 is 4.74 Å². The maximum atomic E-state index is 5.60. The van der Waals surface area contributed by atoms with Crippen LogP contribution in [0.5, 0.6) is 5.95 Å². The summed E-state index contributed by atoms with van der Waals surface area (Å²) in [6.45, 7) is 4.11. The van der Waals surface area contributed by atoms with E-state index >= 15 is 0 Å². The number of methoxy groups -OCH3 is 1. The number of ether oxygens (including phenoxy) is 1. The van der Waals surface area contributed by atoms with Crippen molar-refractivity contribution in [3.63, 3.8) is 0 Å². The van der Waals surface area contributed by atoms with Crippen molar-refractivity contribution < 1.29 is 9.15 Å². The lowest BCUT2D eigenvalue weighted by Gasteiger charge is -2.30. The van der Waals surface area contributed by atoms with Crippen LogP contribution in [0.15, 0.2) is 16.5 Å². The fourth-order valence-corrected chi connectivity index (χ4v) is 3.60. The molecule has 1 saturated heterocycles. The molecule has 0 saturated carbocycles. The summed E-state index contributed by atoms with van der Waals surface area (Å²) in [5.41, 5.74) is 0. The highest BCUT2D eigenvalue weighted by Crippen LogP contribution is 2.30. The lowest BCUT2D eigenvalue weighted by molar-refractivity contribution is 0.181. The summed E-state index contributed by atoms with van der Waals surface area (Å²) in [5, 5.41) is 8.79. The van der Waals surface area contributed by atoms with Crippen molar-refractivity contribution in [3.8, 4) is 5.95 Å². The summed E-state index contributed by atoms with van der Waals surface area (Å²) >= 11 is 0. The smallest absolute Gasteiger partial charge is 0.284 e. The van der Waals surface area contributed by atoms with Gasteiger partial charge in [0.05, 0.1) is 13.7 Å². The topological polar surface area (TPSA) is 56.3 Å². The quantitative estimate of drug-likeness (QED) is 0.866. The zero-order valence-electron chi connectivity index (χ0n) is 13.0. The molecule has 0 amide bonds. The Hall–Kier alpha value is -1.82. The van der Waals surface area contributed by atoms with E-state index in [1.54, 1.807) is 7.11 Å². The van der Waals surface area contributed by atoms with E-state index < -0.39 is 0 Å². The standard InChI is InChI=1S/C16H22N4O2/c1-21-15-5-4-13(22-15)11-19-9-6-12(7-10-19)16-18-17-14-3-2-8-20(14)16/h4-5,12H,2-3,6-11H2,1H3. The Balaban J connectivity index is 1.36. The van der Waals surface area contributed by atoms with Gasteiger partial charge in [-0.15, -0.1) is 10.2 Å². The van der Waals surface area contributed by atoms with Gasteiger partial charge < -0.3 is 13.7 Å². The van der Waals surface area contributed by atoms with Gasteiger partial charge in [0.1, 0.15) is 17.4 Å². The van der Waals surface area contributed by atoms with Crippen molar-refractivity contribution in [1.29, 1.82) is 0 Å². The van der Waals surface area contributed by atoms with Crippen LogP contribution in [-0.4, -0.2) is 39.9 Å². The van der Waals surface area contributed by atoms with E-state index in [-0.39, 0.29) is 0 Å². The molecule has 2 aromatic heterocycles. The van der Waals surface area contributed by atoms with Gasteiger partial charge >= 0.3 is 0 Å². The van der Waals surface area contributed by atoms with E-state index in [0.717, 1.165) is 51.2 Å². The third-order valence-electron chi connectivity index (χ3n) is 4.81. The predicted octanol–water partition coefficient (Wildman–Crippen LogP) is 2.21. The van der Waals surface area contributed by atoms with Crippen LogP contribution >= 0.6 is 0 Å². The molecule has 22 heavy (non-hydrogen) atoms. The largest absolute Gasteiger partial charge is 0.468 e. The third-order valence-corrected chi connectivity index (χ3v) is 4.81. The second kappa shape index (κ2) is 5.76. The number of aromatic nitrogens is 3. The van der Waals surface area contributed by atoms with Gasteiger partial charge in [-0.05, 0) is 38.4 Å². The second-order valence-electron chi connectivity index (χ2n) is 6.20. The highest BCUT2D eigenvalue weighted by molar-refractivity contribution is 5.12. The fraction of sp³-hybridized carbons (Fsp3) is 0.625. The number of rotatable bonds is 4. The van der Waals surface area contributed by atoms with E-state index in [1.807, 2.05) is 12.1 Å². The number of hydrogen-bond acceptors (Lipinski definition) is 5. The monoisotopic (exact) mass is 302 g/mol. The molecule has 4 heterocycles. The molecule has 2 aliphatic rings. The Morgan fingerprint density at radius 1 is 1.23 bits per heavy atom. The molecule has 0 bridgehead atoms. The average Bonchev–Trinajstić information content (AvgIpc) is 3.24. The number of nitrogens with zero attached hydrogens (tertiary/aromatic N) is 4. The summed E-state index contributed by atoms with van der Waals surface area (Å²) in [7, 11) is 1.63. The van der Waals surface area contributed by atoms with Crippen LogP contribution in [-0.2, 0) is 19.5 Å². The summed E-state index contributed by atoms with van der Waals surface area (Å²) < 4.78 is 13.0. The molecule has 0 N–H and O–H groups in total. The van der Waals surface area contributed by atoms with Crippen LogP contribution in [0.1, 0.15) is 42.6 Å². The molecule has 6 nitrogen and oxygen atoms in total. The van der Waals surface area contributed by atoms with Gasteiger partial charge in [-0.2, -0.15) is 0 Å². The van der Waals surface area contributed by atoms with Crippen LogP contribution in [0.4, 0.5) is 0 Å². The SMILES string of the molecule is COc1ccc(CN2CCC(c3nnc4n3CCC4)CC2)o1. The Bertz CT molecular complexity index is 640. The zero-order chi connectivity index (χ0) is 14.9. The normalized spacial score (nSPS) is 19.5. The lowest BCUT2D eigenvalue weighted by Crippen LogP contribution is -2.33. The van der Waals surface area contributed by atoms with Gasteiger partial charge in [-0.25, -0.2) is 0 Å². The maximum Gasteiger partial charge on any atom is 0.284 e. The van der Waals surface area contributed by atoms with Gasteiger partial charge in [0.25, 0.3) is 5.95 Å². The van der Waals surface area contributed by atoms with Crippen molar-refractivity contribution >= 4 is 0 Å². The van der Waals surface area contributed by atoms with E-state index in [9.17, 15) is 0 Å². The zero-order valence-corrected chi connectivity index (χ0v) is 13.0. The maximum absolute atomic E-state index is 5.60. The van der Waals surface area contributed by atoms with E-state index in [2.05, 4.69) is 19.7 Å². The molecule has 2 aliphatic heterocycles. The summed E-state index contributed by atoms with van der Waals surface area (Å²) in [5.74, 6) is 4.51. The minimum absolute atomic E-state index is 0.557. The second-order valence-corrected chi connectivity index (χ2v) is 6.20. The van der Waals surface area contributed by atoms with Gasteiger partial charge in [0.15, 0.2) is 0 Å². The average molecular weight is 302 g/mol. The minimum Gasteiger partial charge on any atom is -0.468 e. The molecular formula is C16H22N4O2. The first-order chi connectivity index (χ1) is 10.8. The Labute approximate surface area is 130 Å². The fourth-order valence-electron chi connectivity index (χ4n) is 3.60. The molecular weight excluding hydrogens is 280 g/mol. The summed E-state index contributed by atoms with van der Waals surface area (Å²) in [4.78, 5) is 2.44. The van der Waals surface area contributed by atoms with Crippen LogP contribution in [0, 0.1) is 0 Å². The molecule has 118 valence electrons. The first-order valence-corrected chi connectivity index (χ1v) is 8.10. The van der Waals surface area contributed by atoms with Crippen molar-refractivity contribution in [2.24, 2.45) is 0 Å². The van der Waals surface area contributed by atoms with Crippen molar-refractivity contribution in [2.75, 3.05) is 20.2 Å². The van der Waals surface area contributed by atoms with Gasteiger partial charge in [-0.1, -0.05) is 0 Å². The Kier molecular flexibility index (Phi) is 3.62. The van der Waals surface area contributed by atoms with Crippen LogP contribution in [0.3, 0.4) is 0 Å². The van der Waals surface area contributed by atoms with E-state index in [4.69, 9.17) is 9.15 Å². The number of furan rings is 1. The highest BCUT2D eigenvalue weighted by atomic mass is 16.6. The molecule has 2 aromatic rings. The lowest BCUT2D eigenvalue weighted by atomic mass is 9.96. The van der Waals surface area contributed by atoms with Crippen molar-refractivity contribution in [2.45, 2.75) is 44.7 Å². The molecule has 1 fully saturated rings. The number of piperidine rings is 1. The minimum atomic E-state index is 0.557. The summed E-state index contributed by atoms with van der Waals surface area (Å²) in [6, 6.07) is 3.87. The van der Waals surface area contributed by atoms with Gasteiger partial charge in [-0.3, -0.25) is 4.90 Å². The van der Waals surface area contributed by atoms with Crippen LogP contribution in [0.2, 0.25) is 0 Å². The van der Waals surface area contributed by atoms with Crippen LogP contribution in [0.25, 0.3) is 0 Å². The molecule has 0 atom stereocenters. The Morgan fingerprint density at radius 3 is 2.86 bits per heavy atom. The number of hydrogen-bond donors (Lipinski definition) is 0. The van der Waals surface area contributed by atoms with Crippen molar-refractivity contribution in [3.05, 3.63) is 29.5 Å². The molecule has 0 unspecified atom stereocenters. The van der Waals surface area contributed by atoms with Gasteiger partial charge in [0.2, 0.25) is 0 Å². The number of fused-ring (bicyclic) bond motifs is 1. The molecule has 4 rings (SSSR count). The molecule has 0 spiro atoms. The summed E-state index contributed by atoms with van der Waals surface area (Å²) in [6.07, 6.45) is 4.61. The number of likely N-dealkylation sites (tertiary alicyclic amines) is 1. The number of aryl methyl sites for hydroxylation is 1. The molecule has 6 heteroatoms. The molecule has 0 aromatic carbocycles. The first-order valence-electron chi connectivity index (χ1n) is 8.10.